The largest absolute Gasteiger partial charge is 0.356 e. The van der Waals surface area contributed by atoms with Crippen molar-refractivity contribution in [2.45, 2.75) is 0 Å². The van der Waals surface area contributed by atoms with Crippen LogP contribution in [0.25, 0.3) is 45.3 Å². The van der Waals surface area contributed by atoms with Crippen molar-refractivity contribution >= 4 is 5.69 Å². The van der Waals surface area contributed by atoms with Crippen LogP contribution in [0.15, 0.2) is 134 Å². The summed E-state index contributed by atoms with van der Waals surface area (Å²) in [5.74, 6) is 1.86. The lowest BCUT2D eigenvalue weighted by atomic mass is 10.0. The van der Waals surface area contributed by atoms with E-state index in [-0.39, 0.29) is 0 Å². The first kappa shape index (κ1) is 22.0. The molecule has 4 aromatic carbocycles. The zero-order valence-electron chi connectivity index (χ0n) is 19.2. The van der Waals surface area contributed by atoms with E-state index in [2.05, 4.69) is 54.9 Å². The quantitative estimate of drug-likeness (QED) is 0.258. The van der Waals surface area contributed by atoms with E-state index < -0.39 is 0 Å². The Hall–Kier alpha value is -4.83. The molecule has 5 aromatic rings. The SMILES string of the molecule is C=CC(=C)Nc1cccc(-c2nc(-c3ccccc3)nc(-c3ccc(-c4ccccc4)cc3)n2)c1. The van der Waals surface area contributed by atoms with Crippen molar-refractivity contribution in [3.05, 3.63) is 134 Å². The van der Waals surface area contributed by atoms with Gasteiger partial charge >= 0.3 is 0 Å². The van der Waals surface area contributed by atoms with Gasteiger partial charge in [-0.15, -0.1) is 0 Å². The average Bonchev–Trinajstić information content (AvgIpc) is 2.94. The molecule has 35 heavy (non-hydrogen) atoms. The molecule has 5 rings (SSSR count). The van der Waals surface area contributed by atoms with Crippen LogP contribution in [0.5, 0.6) is 0 Å². The Morgan fingerprint density at radius 3 is 1.60 bits per heavy atom. The van der Waals surface area contributed by atoms with Gasteiger partial charge in [0.05, 0.1) is 0 Å². The van der Waals surface area contributed by atoms with Gasteiger partial charge < -0.3 is 5.32 Å². The highest BCUT2D eigenvalue weighted by Crippen LogP contribution is 2.28. The number of nitrogens with zero attached hydrogens (tertiary/aromatic N) is 3. The number of hydrogen-bond acceptors (Lipinski definition) is 4. The highest BCUT2D eigenvalue weighted by molar-refractivity contribution is 5.71. The summed E-state index contributed by atoms with van der Waals surface area (Å²) in [7, 11) is 0. The molecule has 4 heteroatoms. The van der Waals surface area contributed by atoms with E-state index in [1.807, 2.05) is 72.8 Å². The van der Waals surface area contributed by atoms with Crippen LogP contribution in [0, 0.1) is 0 Å². The zero-order valence-corrected chi connectivity index (χ0v) is 19.2. The third-order valence-electron chi connectivity index (χ3n) is 5.59. The van der Waals surface area contributed by atoms with E-state index in [0.717, 1.165) is 33.6 Å². The van der Waals surface area contributed by atoms with Gasteiger partial charge in [-0.2, -0.15) is 0 Å². The van der Waals surface area contributed by atoms with Crippen LogP contribution in [-0.2, 0) is 0 Å². The standard InChI is InChI=1S/C31H24N4/c1-3-22(2)32-28-16-10-15-27(21-28)31-34-29(25-13-8-5-9-14-25)33-30(35-31)26-19-17-24(18-20-26)23-11-6-4-7-12-23/h3-21,32H,1-2H2. The summed E-state index contributed by atoms with van der Waals surface area (Å²) in [6.45, 7) is 7.70. The summed E-state index contributed by atoms with van der Waals surface area (Å²) in [5, 5.41) is 3.23. The third kappa shape index (κ3) is 5.07. The van der Waals surface area contributed by atoms with E-state index in [9.17, 15) is 0 Å². The molecule has 1 heterocycles. The lowest BCUT2D eigenvalue weighted by molar-refractivity contribution is 1.07. The highest BCUT2D eigenvalue weighted by Gasteiger charge is 2.13. The lowest BCUT2D eigenvalue weighted by Gasteiger charge is -2.11. The molecular formula is C31H24N4. The smallest absolute Gasteiger partial charge is 0.164 e. The van der Waals surface area contributed by atoms with Crippen molar-refractivity contribution in [3.8, 4) is 45.3 Å². The number of hydrogen-bond donors (Lipinski definition) is 1. The first-order valence-electron chi connectivity index (χ1n) is 11.4. The van der Waals surface area contributed by atoms with Gasteiger partial charge in [-0.05, 0) is 29.3 Å². The Morgan fingerprint density at radius 2 is 1.00 bits per heavy atom. The molecule has 0 aliphatic rings. The summed E-state index contributed by atoms with van der Waals surface area (Å²) in [6, 6.07) is 36.5. The Morgan fingerprint density at radius 1 is 0.543 bits per heavy atom. The first-order valence-corrected chi connectivity index (χ1v) is 11.4. The fourth-order valence-electron chi connectivity index (χ4n) is 3.77. The fraction of sp³-hybridized carbons (Fsp3) is 0. The molecule has 0 atom stereocenters. The number of benzene rings is 4. The van der Waals surface area contributed by atoms with Gasteiger partial charge in [0.2, 0.25) is 0 Å². The second kappa shape index (κ2) is 9.98. The van der Waals surface area contributed by atoms with E-state index in [1.165, 1.54) is 5.56 Å². The summed E-state index contributed by atoms with van der Waals surface area (Å²) >= 11 is 0. The number of rotatable bonds is 7. The number of nitrogens with one attached hydrogen (secondary N) is 1. The summed E-state index contributed by atoms with van der Waals surface area (Å²) in [4.78, 5) is 14.5. The maximum Gasteiger partial charge on any atom is 0.164 e. The van der Waals surface area contributed by atoms with E-state index in [4.69, 9.17) is 15.0 Å². The van der Waals surface area contributed by atoms with Crippen molar-refractivity contribution < 1.29 is 0 Å². The van der Waals surface area contributed by atoms with E-state index >= 15 is 0 Å². The van der Waals surface area contributed by atoms with Crippen molar-refractivity contribution in [2.75, 3.05) is 5.32 Å². The van der Waals surface area contributed by atoms with Gasteiger partial charge in [0.1, 0.15) is 0 Å². The summed E-state index contributed by atoms with van der Waals surface area (Å²) < 4.78 is 0. The molecule has 0 radical (unpaired) electrons. The molecule has 0 aliphatic carbocycles. The monoisotopic (exact) mass is 452 g/mol. The summed E-state index contributed by atoms with van der Waals surface area (Å²) in [6.07, 6.45) is 1.68. The topological polar surface area (TPSA) is 50.7 Å². The second-order valence-electron chi connectivity index (χ2n) is 8.05. The van der Waals surface area contributed by atoms with Crippen LogP contribution >= 0.6 is 0 Å². The van der Waals surface area contributed by atoms with Gasteiger partial charge in [-0.25, -0.2) is 15.0 Å². The molecule has 168 valence electrons. The molecule has 4 nitrogen and oxygen atoms in total. The average molecular weight is 453 g/mol. The van der Waals surface area contributed by atoms with E-state index in [1.54, 1.807) is 6.08 Å². The first-order chi connectivity index (χ1) is 17.2. The molecule has 0 saturated heterocycles. The lowest BCUT2D eigenvalue weighted by Crippen LogP contribution is -2.01. The molecule has 0 bridgehead atoms. The van der Waals surface area contributed by atoms with Gasteiger partial charge in [0.25, 0.3) is 0 Å². The van der Waals surface area contributed by atoms with Crippen LogP contribution in [0.1, 0.15) is 0 Å². The molecule has 0 spiro atoms. The minimum absolute atomic E-state index is 0.605. The van der Waals surface area contributed by atoms with Gasteiger partial charge in [0, 0.05) is 28.1 Å². The third-order valence-corrected chi connectivity index (χ3v) is 5.59. The Bertz CT molecular complexity index is 1470. The van der Waals surface area contributed by atoms with Gasteiger partial charge in [-0.1, -0.05) is 110 Å². The minimum atomic E-state index is 0.605. The number of allylic oxidation sites excluding steroid dienone is 1. The minimum Gasteiger partial charge on any atom is -0.356 e. The van der Waals surface area contributed by atoms with Crippen LogP contribution in [-0.4, -0.2) is 15.0 Å². The Kier molecular flexibility index (Phi) is 6.27. The molecule has 0 unspecified atom stereocenters. The summed E-state index contributed by atoms with van der Waals surface area (Å²) in [5.41, 5.74) is 6.68. The molecular weight excluding hydrogens is 428 g/mol. The van der Waals surface area contributed by atoms with E-state index in [0.29, 0.717) is 17.5 Å². The fourth-order valence-corrected chi connectivity index (χ4v) is 3.77. The molecule has 1 aromatic heterocycles. The predicted molar refractivity (Wildman–Crippen MR) is 145 cm³/mol. The zero-order chi connectivity index (χ0) is 24.0. The van der Waals surface area contributed by atoms with Gasteiger partial charge in [0.15, 0.2) is 17.5 Å². The maximum atomic E-state index is 4.85. The van der Waals surface area contributed by atoms with Crippen LogP contribution in [0.2, 0.25) is 0 Å². The van der Waals surface area contributed by atoms with Gasteiger partial charge in [-0.3, -0.25) is 0 Å². The normalized spacial score (nSPS) is 10.5. The highest BCUT2D eigenvalue weighted by atomic mass is 15.0. The molecule has 0 amide bonds. The Labute approximate surface area is 205 Å². The van der Waals surface area contributed by atoms with Crippen molar-refractivity contribution in [2.24, 2.45) is 0 Å². The number of anilines is 1. The van der Waals surface area contributed by atoms with Crippen LogP contribution < -0.4 is 5.32 Å². The van der Waals surface area contributed by atoms with Crippen molar-refractivity contribution in [3.63, 3.8) is 0 Å². The van der Waals surface area contributed by atoms with Crippen molar-refractivity contribution in [1.82, 2.24) is 15.0 Å². The predicted octanol–water partition coefficient (Wildman–Crippen LogP) is 7.65. The molecule has 0 saturated carbocycles. The second-order valence-corrected chi connectivity index (χ2v) is 8.05. The van der Waals surface area contributed by atoms with Crippen molar-refractivity contribution in [1.29, 1.82) is 0 Å². The maximum absolute atomic E-state index is 4.85. The van der Waals surface area contributed by atoms with Crippen LogP contribution in [0.3, 0.4) is 0 Å². The molecule has 0 aliphatic heterocycles. The molecule has 1 N–H and O–H groups in total. The Balaban J connectivity index is 1.58. The number of aromatic nitrogens is 3. The molecule has 0 fully saturated rings. The van der Waals surface area contributed by atoms with Crippen LogP contribution in [0.4, 0.5) is 5.69 Å².